The van der Waals surface area contributed by atoms with Crippen molar-refractivity contribution in [1.29, 1.82) is 0 Å². The van der Waals surface area contributed by atoms with Crippen LogP contribution in [0.3, 0.4) is 0 Å². The van der Waals surface area contributed by atoms with E-state index in [9.17, 15) is 4.79 Å². The molecule has 2 unspecified atom stereocenters. The highest BCUT2D eigenvalue weighted by Gasteiger charge is 2.31. The summed E-state index contributed by atoms with van der Waals surface area (Å²) in [7, 11) is 1.85. The molecule has 0 saturated carbocycles. The van der Waals surface area contributed by atoms with Crippen LogP contribution in [0, 0.1) is 0 Å². The number of rotatable bonds is 2. The summed E-state index contributed by atoms with van der Waals surface area (Å²) in [5.41, 5.74) is 1.01. The van der Waals surface area contributed by atoms with Crippen molar-refractivity contribution in [2.24, 2.45) is 7.05 Å². The van der Waals surface area contributed by atoms with Crippen LogP contribution in [-0.2, 0) is 11.8 Å². The number of hydrogen-bond donors (Lipinski definition) is 2. The fraction of sp³-hybridized carbons (Fsp3) is 0.500. The zero-order valence-electron chi connectivity index (χ0n) is 7.67. The minimum Gasteiger partial charge on any atom is -0.480 e. The summed E-state index contributed by atoms with van der Waals surface area (Å²) in [5.74, 6) is -0.187. The van der Waals surface area contributed by atoms with Crippen molar-refractivity contribution in [1.82, 2.24) is 15.1 Å². The van der Waals surface area contributed by atoms with Crippen LogP contribution in [-0.4, -0.2) is 32.7 Å². The quantitative estimate of drug-likeness (QED) is 0.735. The predicted molar refractivity (Wildman–Crippen MR) is 53.0 cm³/mol. The molecule has 0 aliphatic carbocycles. The Labute approximate surface area is 85.5 Å². The molecule has 14 heavy (non-hydrogen) atoms. The number of nitrogens with zero attached hydrogens (tertiary/aromatic N) is 2. The second kappa shape index (κ2) is 3.62. The lowest BCUT2D eigenvalue weighted by molar-refractivity contribution is -0.138. The Balaban J connectivity index is 2.10. The lowest BCUT2D eigenvalue weighted by Crippen LogP contribution is -2.34. The van der Waals surface area contributed by atoms with Gasteiger partial charge in [-0.3, -0.25) is 14.8 Å². The summed E-state index contributed by atoms with van der Waals surface area (Å²) < 4.78 is 1.76. The molecule has 1 aliphatic rings. The average Bonchev–Trinajstić information content (AvgIpc) is 2.71. The van der Waals surface area contributed by atoms with Gasteiger partial charge in [0, 0.05) is 19.0 Å². The van der Waals surface area contributed by atoms with E-state index in [0.717, 1.165) is 5.69 Å². The Morgan fingerprint density at radius 1 is 1.86 bits per heavy atom. The number of hydrogen-bond acceptors (Lipinski definition) is 4. The third-order valence-corrected chi connectivity index (χ3v) is 3.44. The number of carboxylic acids is 1. The van der Waals surface area contributed by atoms with E-state index in [1.165, 1.54) is 0 Å². The summed E-state index contributed by atoms with van der Waals surface area (Å²) in [6.45, 7) is 0. The third kappa shape index (κ3) is 1.62. The number of aliphatic carboxylic acids is 1. The molecule has 0 bridgehead atoms. The Bertz CT molecular complexity index is 352. The highest BCUT2D eigenvalue weighted by molar-refractivity contribution is 7.99. The summed E-state index contributed by atoms with van der Waals surface area (Å²) in [6.07, 6.45) is 1.71. The van der Waals surface area contributed by atoms with Crippen LogP contribution in [0.15, 0.2) is 12.3 Å². The van der Waals surface area contributed by atoms with Gasteiger partial charge < -0.3 is 5.11 Å². The average molecular weight is 213 g/mol. The van der Waals surface area contributed by atoms with E-state index in [1.54, 1.807) is 22.6 Å². The fourth-order valence-electron chi connectivity index (χ4n) is 1.43. The van der Waals surface area contributed by atoms with Crippen LogP contribution >= 0.6 is 11.8 Å². The minimum atomic E-state index is -0.790. The van der Waals surface area contributed by atoms with Crippen molar-refractivity contribution in [3.05, 3.63) is 18.0 Å². The molecule has 1 aliphatic heterocycles. The zero-order chi connectivity index (χ0) is 10.1. The molecule has 2 N–H and O–H groups in total. The molecule has 0 radical (unpaired) electrons. The van der Waals surface area contributed by atoms with Gasteiger partial charge in [-0.25, -0.2) is 0 Å². The van der Waals surface area contributed by atoms with E-state index in [1.807, 2.05) is 13.1 Å². The smallest absolute Gasteiger partial charge is 0.321 e. The third-order valence-electron chi connectivity index (χ3n) is 2.21. The van der Waals surface area contributed by atoms with E-state index in [4.69, 9.17) is 5.11 Å². The summed E-state index contributed by atoms with van der Waals surface area (Å²) in [6, 6.07) is 1.45. The van der Waals surface area contributed by atoms with Gasteiger partial charge in [0.05, 0.1) is 11.1 Å². The van der Waals surface area contributed by atoms with E-state index < -0.39 is 12.0 Å². The molecule has 1 aromatic heterocycles. The second-order valence-corrected chi connectivity index (χ2v) is 4.29. The summed E-state index contributed by atoms with van der Waals surface area (Å²) >= 11 is 1.60. The van der Waals surface area contributed by atoms with Crippen LogP contribution in [0.5, 0.6) is 0 Å². The number of carbonyl (C=O) groups is 1. The lowest BCUT2D eigenvalue weighted by atomic mass is 10.3. The minimum absolute atomic E-state index is 0.0450. The maximum atomic E-state index is 10.7. The molecule has 6 heteroatoms. The number of aryl methyl sites for hydroxylation is 1. The highest BCUT2D eigenvalue weighted by Crippen LogP contribution is 2.32. The van der Waals surface area contributed by atoms with Gasteiger partial charge in [0.15, 0.2) is 0 Å². The number of carboxylic acid groups (broad SMARTS) is 1. The largest absolute Gasteiger partial charge is 0.480 e. The molecule has 76 valence electrons. The molecule has 5 nitrogen and oxygen atoms in total. The first kappa shape index (κ1) is 9.54. The maximum absolute atomic E-state index is 10.7. The summed E-state index contributed by atoms with van der Waals surface area (Å²) in [5, 5.41) is 15.9. The van der Waals surface area contributed by atoms with Crippen LogP contribution in [0.4, 0.5) is 0 Å². The van der Waals surface area contributed by atoms with Crippen LogP contribution in [0.1, 0.15) is 11.1 Å². The molecule has 2 heterocycles. The molecule has 1 saturated heterocycles. The van der Waals surface area contributed by atoms with Crippen molar-refractivity contribution in [2.75, 3.05) is 5.75 Å². The van der Waals surface area contributed by atoms with E-state index in [-0.39, 0.29) is 5.37 Å². The molecule has 1 fully saturated rings. The van der Waals surface area contributed by atoms with Gasteiger partial charge in [0.1, 0.15) is 6.04 Å². The normalized spacial score (nSPS) is 26.6. The first-order valence-electron chi connectivity index (χ1n) is 4.27. The topological polar surface area (TPSA) is 67.2 Å². The molecular weight excluding hydrogens is 202 g/mol. The molecule has 0 aromatic carbocycles. The molecule has 0 spiro atoms. The summed E-state index contributed by atoms with van der Waals surface area (Å²) in [4.78, 5) is 10.7. The van der Waals surface area contributed by atoms with E-state index in [2.05, 4.69) is 10.4 Å². The molecule has 2 atom stereocenters. The van der Waals surface area contributed by atoms with Gasteiger partial charge in [-0.05, 0) is 6.07 Å². The monoisotopic (exact) mass is 213 g/mol. The van der Waals surface area contributed by atoms with Gasteiger partial charge in [-0.2, -0.15) is 5.10 Å². The number of aromatic nitrogens is 2. The standard InChI is InChI=1S/C8H11N3O2S/c1-11-6(2-3-9-11)7-10-5(4-14-7)8(12)13/h2-3,5,7,10H,4H2,1H3,(H,12,13). The lowest BCUT2D eigenvalue weighted by Gasteiger charge is -2.10. The van der Waals surface area contributed by atoms with Crippen LogP contribution < -0.4 is 5.32 Å². The van der Waals surface area contributed by atoms with Crippen molar-refractivity contribution < 1.29 is 9.90 Å². The molecule has 2 rings (SSSR count). The van der Waals surface area contributed by atoms with E-state index >= 15 is 0 Å². The van der Waals surface area contributed by atoms with Gasteiger partial charge in [0.25, 0.3) is 0 Å². The van der Waals surface area contributed by atoms with Crippen molar-refractivity contribution in [3.63, 3.8) is 0 Å². The predicted octanol–water partition coefficient (Wildman–Crippen LogP) is 0.208. The molecular formula is C8H11N3O2S. The van der Waals surface area contributed by atoms with Crippen LogP contribution in [0.2, 0.25) is 0 Å². The Kier molecular flexibility index (Phi) is 2.47. The second-order valence-electron chi connectivity index (χ2n) is 3.15. The molecule has 0 amide bonds. The van der Waals surface area contributed by atoms with Crippen molar-refractivity contribution in [3.8, 4) is 0 Å². The SMILES string of the molecule is Cn1nccc1C1NC(C(=O)O)CS1. The van der Waals surface area contributed by atoms with Crippen molar-refractivity contribution in [2.45, 2.75) is 11.4 Å². The Morgan fingerprint density at radius 3 is 3.14 bits per heavy atom. The maximum Gasteiger partial charge on any atom is 0.321 e. The van der Waals surface area contributed by atoms with Gasteiger partial charge in [0.2, 0.25) is 0 Å². The molecule has 1 aromatic rings. The Hall–Kier alpha value is -1.01. The first-order valence-corrected chi connectivity index (χ1v) is 5.31. The van der Waals surface area contributed by atoms with Gasteiger partial charge in [-0.15, -0.1) is 11.8 Å². The van der Waals surface area contributed by atoms with Crippen LogP contribution in [0.25, 0.3) is 0 Å². The number of nitrogens with one attached hydrogen (secondary N) is 1. The fourth-order valence-corrected chi connectivity index (χ4v) is 2.71. The Morgan fingerprint density at radius 2 is 2.64 bits per heavy atom. The van der Waals surface area contributed by atoms with E-state index in [0.29, 0.717) is 5.75 Å². The van der Waals surface area contributed by atoms with Crippen molar-refractivity contribution >= 4 is 17.7 Å². The van der Waals surface area contributed by atoms with Gasteiger partial charge in [-0.1, -0.05) is 0 Å². The van der Waals surface area contributed by atoms with Gasteiger partial charge >= 0.3 is 5.97 Å². The number of thioether (sulfide) groups is 1. The zero-order valence-corrected chi connectivity index (χ0v) is 8.49. The first-order chi connectivity index (χ1) is 6.68. The highest BCUT2D eigenvalue weighted by atomic mass is 32.2.